The Morgan fingerprint density at radius 1 is 1.15 bits per heavy atom. The fraction of sp³-hybridized carbons (Fsp3) is 0.227. The van der Waals surface area contributed by atoms with Gasteiger partial charge in [-0.2, -0.15) is 5.26 Å². The Labute approximate surface area is 156 Å². The van der Waals surface area contributed by atoms with Gasteiger partial charge in [-0.15, -0.1) is 0 Å². The molecule has 0 atom stereocenters. The molecule has 0 bridgehead atoms. The number of carbonyl (C=O) groups is 1. The van der Waals surface area contributed by atoms with Crippen molar-refractivity contribution in [2.45, 2.75) is 19.3 Å². The maximum Gasteiger partial charge on any atom is 0.304 e. The summed E-state index contributed by atoms with van der Waals surface area (Å²) < 4.78 is 6.06. The number of hydrogen-bond donors (Lipinski definition) is 1. The lowest BCUT2D eigenvalue weighted by molar-refractivity contribution is -0.138. The average molecular weight is 358 g/mol. The molecule has 1 aliphatic rings. The molecule has 5 nitrogen and oxygen atoms in total. The zero-order valence-electron chi connectivity index (χ0n) is 14.7. The Hall–Kier alpha value is -3.39. The van der Waals surface area contributed by atoms with Crippen LogP contribution in [0.2, 0.25) is 0 Å². The number of rotatable bonds is 6. The van der Waals surface area contributed by atoms with E-state index in [2.05, 4.69) is 11.1 Å². The molecule has 0 radical (unpaired) electrons. The molecule has 5 heteroatoms. The van der Waals surface area contributed by atoms with Crippen LogP contribution < -0.4 is 4.74 Å². The molecule has 0 spiro atoms. The quantitative estimate of drug-likeness (QED) is 0.706. The van der Waals surface area contributed by atoms with Gasteiger partial charge in [0.25, 0.3) is 0 Å². The molecule has 1 heterocycles. The van der Waals surface area contributed by atoms with Crippen LogP contribution in [0.5, 0.6) is 5.75 Å². The van der Waals surface area contributed by atoms with Gasteiger partial charge in [-0.05, 0) is 35.9 Å². The van der Waals surface area contributed by atoms with Crippen LogP contribution in [-0.2, 0) is 4.79 Å². The third-order valence-corrected chi connectivity index (χ3v) is 5.13. The summed E-state index contributed by atoms with van der Waals surface area (Å²) in [5.74, 6) is -0.110. The van der Waals surface area contributed by atoms with Crippen molar-refractivity contribution in [2.24, 2.45) is 5.41 Å². The minimum absolute atomic E-state index is 0.132. The molecule has 27 heavy (non-hydrogen) atoms. The van der Waals surface area contributed by atoms with Gasteiger partial charge in [0.15, 0.2) is 0 Å². The highest BCUT2D eigenvalue weighted by Gasteiger charge is 2.45. The Balaban J connectivity index is 1.71. The largest absolute Gasteiger partial charge is 0.492 e. The molecule has 0 amide bonds. The lowest BCUT2D eigenvalue weighted by Gasteiger charge is -2.17. The fourth-order valence-electron chi connectivity index (χ4n) is 3.44. The van der Waals surface area contributed by atoms with Crippen molar-refractivity contribution in [3.63, 3.8) is 0 Å². The highest BCUT2D eigenvalue weighted by atomic mass is 16.5. The zero-order valence-corrected chi connectivity index (χ0v) is 14.7. The van der Waals surface area contributed by atoms with E-state index in [-0.39, 0.29) is 11.8 Å². The Bertz CT molecular complexity index is 1060. The summed E-state index contributed by atoms with van der Waals surface area (Å²) in [5, 5.41) is 20.3. The second-order valence-corrected chi connectivity index (χ2v) is 7.05. The Morgan fingerprint density at radius 2 is 1.93 bits per heavy atom. The second kappa shape index (κ2) is 6.73. The number of nitriles is 1. The number of fused-ring (bicyclic) bond motifs is 1. The standard InChI is InChI=1S/C22H18N2O3/c23-12-15-5-6-18(17-4-2-1-3-16(15)17)19-13-24-10-7-20(19)27-14-22(8-9-22)11-21(25)26/h1-7,10,13H,8-9,11,14H2,(H,25,26). The number of aromatic nitrogens is 1. The van der Waals surface area contributed by atoms with Crippen LogP contribution in [0.4, 0.5) is 0 Å². The molecule has 2 aromatic carbocycles. The van der Waals surface area contributed by atoms with Crippen LogP contribution in [0.3, 0.4) is 0 Å². The fourth-order valence-corrected chi connectivity index (χ4v) is 3.44. The summed E-state index contributed by atoms with van der Waals surface area (Å²) in [5.41, 5.74) is 2.15. The van der Waals surface area contributed by atoms with Crippen molar-refractivity contribution in [1.82, 2.24) is 4.98 Å². The van der Waals surface area contributed by atoms with Crippen LogP contribution in [0.1, 0.15) is 24.8 Å². The van der Waals surface area contributed by atoms with Crippen LogP contribution in [0, 0.1) is 16.7 Å². The number of carboxylic acids is 1. The average Bonchev–Trinajstić information content (AvgIpc) is 3.44. The van der Waals surface area contributed by atoms with Crippen molar-refractivity contribution >= 4 is 16.7 Å². The molecule has 3 aromatic rings. The van der Waals surface area contributed by atoms with Gasteiger partial charge in [0, 0.05) is 28.8 Å². The zero-order chi connectivity index (χ0) is 18.9. The number of ether oxygens (including phenoxy) is 1. The van der Waals surface area contributed by atoms with Crippen LogP contribution >= 0.6 is 0 Å². The number of pyridine rings is 1. The first-order chi connectivity index (χ1) is 13.1. The van der Waals surface area contributed by atoms with E-state index in [4.69, 9.17) is 9.84 Å². The van der Waals surface area contributed by atoms with Gasteiger partial charge in [-0.25, -0.2) is 0 Å². The number of carboxylic acid groups (broad SMARTS) is 1. The lowest BCUT2D eigenvalue weighted by atomic mass is 9.96. The summed E-state index contributed by atoms with van der Waals surface area (Å²) in [6, 6.07) is 15.5. The summed E-state index contributed by atoms with van der Waals surface area (Å²) >= 11 is 0. The topological polar surface area (TPSA) is 83.2 Å². The molecule has 1 N–H and O–H groups in total. The first kappa shape index (κ1) is 17.0. The van der Waals surface area contributed by atoms with Crippen molar-refractivity contribution in [3.8, 4) is 22.9 Å². The van der Waals surface area contributed by atoms with E-state index < -0.39 is 5.97 Å². The summed E-state index contributed by atoms with van der Waals surface area (Å²) in [6.45, 7) is 0.379. The number of nitrogens with zero attached hydrogens (tertiary/aromatic N) is 2. The monoisotopic (exact) mass is 358 g/mol. The maximum atomic E-state index is 11.1. The number of aliphatic carboxylic acids is 1. The van der Waals surface area contributed by atoms with E-state index in [9.17, 15) is 10.1 Å². The van der Waals surface area contributed by atoms with E-state index in [0.29, 0.717) is 17.9 Å². The van der Waals surface area contributed by atoms with Gasteiger partial charge < -0.3 is 9.84 Å². The Morgan fingerprint density at radius 3 is 2.63 bits per heavy atom. The van der Waals surface area contributed by atoms with Crippen molar-refractivity contribution < 1.29 is 14.6 Å². The smallest absolute Gasteiger partial charge is 0.304 e. The van der Waals surface area contributed by atoms with Gasteiger partial charge in [-0.1, -0.05) is 30.3 Å². The van der Waals surface area contributed by atoms with Crippen LogP contribution in [-0.4, -0.2) is 22.7 Å². The predicted octanol–water partition coefficient (Wildman–Crippen LogP) is 4.41. The van der Waals surface area contributed by atoms with Crippen molar-refractivity contribution in [3.05, 3.63) is 60.4 Å². The van der Waals surface area contributed by atoms with E-state index in [1.54, 1.807) is 24.5 Å². The van der Waals surface area contributed by atoms with Gasteiger partial charge in [-0.3, -0.25) is 9.78 Å². The molecular formula is C22H18N2O3. The van der Waals surface area contributed by atoms with E-state index in [1.165, 1.54) is 0 Å². The van der Waals surface area contributed by atoms with Gasteiger partial charge in [0.1, 0.15) is 5.75 Å². The number of hydrogen-bond acceptors (Lipinski definition) is 4. The predicted molar refractivity (Wildman–Crippen MR) is 101 cm³/mol. The molecule has 1 saturated carbocycles. The third-order valence-electron chi connectivity index (χ3n) is 5.13. The van der Waals surface area contributed by atoms with Gasteiger partial charge >= 0.3 is 5.97 Å². The van der Waals surface area contributed by atoms with Gasteiger partial charge in [0.2, 0.25) is 0 Å². The lowest BCUT2D eigenvalue weighted by Crippen LogP contribution is -2.17. The Kier molecular flexibility index (Phi) is 4.25. The normalized spacial score (nSPS) is 14.5. The maximum absolute atomic E-state index is 11.1. The van der Waals surface area contributed by atoms with Crippen LogP contribution in [0.25, 0.3) is 21.9 Å². The van der Waals surface area contributed by atoms with E-state index in [1.807, 2.05) is 30.3 Å². The second-order valence-electron chi connectivity index (χ2n) is 7.05. The molecule has 1 aliphatic carbocycles. The highest BCUT2D eigenvalue weighted by molar-refractivity contribution is 6.00. The van der Waals surface area contributed by atoms with Gasteiger partial charge in [0.05, 0.1) is 24.7 Å². The molecule has 0 saturated heterocycles. The summed E-state index contributed by atoms with van der Waals surface area (Å²) in [6.07, 6.45) is 5.30. The van der Waals surface area contributed by atoms with Crippen molar-refractivity contribution in [2.75, 3.05) is 6.61 Å². The summed E-state index contributed by atoms with van der Waals surface area (Å²) in [7, 11) is 0. The van der Waals surface area contributed by atoms with E-state index >= 15 is 0 Å². The molecule has 0 aliphatic heterocycles. The number of benzene rings is 2. The molecule has 4 rings (SSSR count). The molecule has 0 unspecified atom stereocenters. The van der Waals surface area contributed by atoms with E-state index in [0.717, 1.165) is 34.7 Å². The van der Waals surface area contributed by atoms with Crippen LogP contribution in [0.15, 0.2) is 54.9 Å². The molecule has 134 valence electrons. The minimum atomic E-state index is -0.788. The third kappa shape index (κ3) is 3.34. The molecule has 1 fully saturated rings. The first-order valence-corrected chi connectivity index (χ1v) is 8.83. The molecular weight excluding hydrogens is 340 g/mol. The SMILES string of the molecule is N#Cc1ccc(-c2cnccc2OCC2(CC(=O)O)CC2)c2ccccc12. The first-order valence-electron chi connectivity index (χ1n) is 8.83. The summed E-state index contributed by atoms with van der Waals surface area (Å²) in [4.78, 5) is 15.3. The van der Waals surface area contributed by atoms with Crippen molar-refractivity contribution in [1.29, 1.82) is 5.26 Å². The highest BCUT2D eigenvalue weighted by Crippen LogP contribution is 2.49. The minimum Gasteiger partial charge on any atom is -0.492 e. The molecule has 1 aromatic heterocycles.